The van der Waals surface area contributed by atoms with Crippen LogP contribution in [0.25, 0.3) is 6.08 Å². The van der Waals surface area contributed by atoms with Crippen LogP contribution in [0.5, 0.6) is 0 Å². The molecule has 0 radical (unpaired) electrons. The van der Waals surface area contributed by atoms with Gasteiger partial charge in [0.2, 0.25) is 0 Å². The van der Waals surface area contributed by atoms with Crippen molar-refractivity contribution < 1.29 is 13.6 Å². The first-order chi connectivity index (χ1) is 11.0. The van der Waals surface area contributed by atoms with Crippen LogP contribution in [0, 0.1) is 11.6 Å². The van der Waals surface area contributed by atoms with E-state index < -0.39 is 0 Å². The van der Waals surface area contributed by atoms with E-state index in [2.05, 4.69) is 4.99 Å². The minimum Gasteiger partial charge on any atom is -0.290 e. The molecule has 1 aliphatic rings. The fraction of sp³-hybridized carbons (Fsp3) is 0.0588. The van der Waals surface area contributed by atoms with Gasteiger partial charge in [0.15, 0.2) is 5.17 Å². The molecule has 0 unspecified atom stereocenters. The second-order valence-corrected chi connectivity index (χ2v) is 5.91. The predicted octanol–water partition coefficient (Wildman–Crippen LogP) is 4.20. The van der Waals surface area contributed by atoms with Crippen molar-refractivity contribution in [1.29, 1.82) is 0 Å². The highest BCUT2D eigenvalue weighted by Crippen LogP contribution is 2.33. The highest BCUT2D eigenvalue weighted by molar-refractivity contribution is 8.18. The average molecular weight is 330 g/mol. The Morgan fingerprint density at radius 2 is 1.57 bits per heavy atom. The number of carbonyl (C=O) groups excluding carboxylic acids is 1. The van der Waals surface area contributed by atoms with Gasteiger partial charge in [-0.3, -0.25) is 9.69 Å². The van der Waals surface area contributed by atoms with E-state index in [0.29, 0.717) is 15.8 Å². The molecule has 0 aromatic heterocycles. The number of likely N-dealkylation sites (N-methyl/N-ethyl adjacent to an activating group) is 1. The molecular formula is C17H12F2N2OS. The number of benzene rings is 2. The summed E-state index contributed by atoms with van der Waals surface area (Å²) >= 11 is 1.22. The third kappa shape index (κ3) is 3.48. The van der Waals surface area contributed by atoms with Crippen LogP contribution in [0.3, 0.4) is 0 Å². The van der Waals surface area contributed by atoms with Crippen molar-refractivity contribution in [2.75, 3.05) is 7.05 Å². The Labute approximate surface area is 136 Å². The van der Waals surface area contributed by atoms with Crippen molar-refractivity contribution in [2.45, 2.75) is 0 Å². The van der Waals surface area contributed by atoms with Crippen molar-refractivity contribution in [1.82, 2.24) is 4.90 Å². The summed E-state index contributed by atoms with van der Waals surface area (Å²) in [7, 11) is 1.63. The molecule has 0 N–H and O–H groups in total. The first kappa shape index (κ1) is 15.4. The topological polar surface area (TPSA) is 32.7 Å². The summed E-state index contributed by atoms with van der Waals surface area (Å²) in [5.74, 6) is -0.845. The molecule has 1 saturated heterocycles. The molecule has 0 saturated carbocycles. The smallest absolute Gasteiger partial charge is 0.266 e. The van der Waals surface area contributed by atoms with Gasteiger partial charge in [-0.05, 0) is 59.8 Å². The first-order valence-corrected chi connectivity index (χ1v) is 7.62. The molecule has 116 valence electrons. The standard InChI is InChI=1S/C17H12F2N2OS/c1-21-16(22)15(10-11-2-4-12(18)5-3-11)23-17(21)20-14-8-6-13(19)7-9-14/h2-10H,1H3/b15-10+,20-17?. The number of halogens is 2. The Morgan fingerprint density at radius 1 is 1.00 bits per heavy atom. The van der Waals surface area contributed by atoms with E-state index in [4.69, 9.17) is 0 Å². The predicted molar refractivity (Wildman–Crippen MR) is 88.2 cm³/mol. The zero-order valence-electron chi connectivity index (χ0n) is 12.2. The van der Waals surface area contributed by atoms with E-state index in [1.165, 1.54) is 40.9 Å². The lowest BCUT2D eigenvalue weighted by atomic mass is 10.2. The van der Waals surface area contributed by atoms with Crippen LogP contribution in [0.1, 0.15) is 5.56 Å². The Kier molecular flexibility index (Phi) is 4.25. The maximum atomic E-state index is 12.9. The monoisotopic (exact) mass is 330 g/mol. The van der Waals surface area contributed by atoms with Crippen molar-refractivity contribution in [3.05, 3.63) is 70.6 Å². The quantitative estimate of drug-likeness (QED) is 0.773. The molecule has 0 aliphatic carbocycles. The summed E-state index contributed by atoms with van der Waals surface area (Å²) in [5.41, 5.74) is 1.30. The number of hydrogen-bond donors (Lipinski definition) is 0. The van der Waals surface area contributed by atoms with E-state index in [9.17, 15) is 13.6 Å². The number of nitrogens with zero attached hydrogens (tertiary/aromatic N) is 2. The third-order valence-corrected chi connectivity index (χ3v) is 4.28. The van der Waals surface area contributed by atoms with Crippen molar-refractivity contribution >= 4 is 34.6 Å². The summed E-state index contributed by atoms with van der Waals surface area (Å²) in [6.45, 7) is 0. The van der Waals surface area contributed by atoms with Crippen LogP contribution in [0.2, 0.25) is 0 Å². The highest BCUT2D eigenvalue weighted by atomic mass is 32.2. The number of carbonyl (C=O) groups is 1. The Morgan fingerprint density at radius 3 is 2.17 bits per heavy atom. The zero-order valence-corrected chi connectivity index (χ0v) is 13.0. The molecule has 0 atom stereocenters. The fourth-order valence-electron chi connectivity index (χ4n) is 1.99. The van der Waals surface area contributed by atoms with Gasteiger partial charge in [0, 0.05) is 7.05 Å². The lowest BCUT2D eigenvalue weighted by molar-refractivity contribution is -0.121. The Bertz CT molecular complexity index is 798. The number of hydrogen-bond acceptors (Lipinski definition) is 3. The molecule has 2 aromatic carbocycles. The van der Waals surface area contributed by atoms with E-state index in [0.717, 1.165) is 5.56 Å². The number of aliphatic imine (C=N–C) groups is 1. The van der Waals surface area contributed by atoms with Crippen LogP contribution < -0.4 is 0 Å². The zero-order chi connectivity index (χ0) is 16.4. The van der Waals surface area contributed by atoms with Crippen LogP contribution >= 0.6 is 11.8 Å². The molecule has 3 rings (SSSR count). The van der Waals surface area contributed by atoms with Crippen molar-refractivity contribution in [3.63, 3.8) is 0 Å². The maximum absolute atomic E-state index is 12.9. The second-order valence-electron chi connectivity index (χ2n) is 4.90. The van der Waals surface area contributed by atoms with Crippen molar-refractivity contribution in [3.8, 4) is 0 Å². The number of rotatable bonds is 2. The van der Waals surface area contributed by atoms with Gasteiger partial charge in [0.1, 0.15) is 11.6 Å². The van der Waals surface area contributed by atoms with Gasteiger partial charge in [-0.1, -0.05) is 12.1 Å². The minimum absolute atomic E-state index is 0.180. The van der Waals surface area contributed by atoms with Gasteiger partial charge in [0.05, 0.1) is 10.6 Å². The van der Waals surface area contributed by atoms with Gasteiger partial charge in [-0.2, -0.15) is 0 Å². The normalized spacial score (nSPS) is 18.2. The molecule has 1 amide bonds. The van der Waals surface area contributed by atoms with E-state index in [1.54, 1.807) is 37.4 Å². The van der Waals surface area contributed by atoms with E-state index in [-0.39, 0.29) is 17.5 Å². The number of amides is 1. The van der Waals surface area contributed by atoms with Crippen LogP contribution in [0.4, 0.5) is 14.5 Å². The summed E-state index contributed by atoms with van der Waals surface area (Å²) in [4.78, 5) is 18.5. The van der Waals surface area contributed by atoms with Gasteiger partial charge in [0.25, 0.3) is 5.91 Å². The summed E-state index contributed by atoms with van der Waals surface area (Å²) in [6.07, 6.45) is 1.69. The van der Waals surface area contributed by atoms with Crippen LogP contribution in [-0.2, 0) is 4.79 Å². The number of thioether (sulfide) groups is 1. The van der Waals surface area contributed by atoms with Gasteiger partial charge in [-0.15, -0.1) is 0 Å². The second kappa shape index (κ2) is 6.34. The molecule has 6 heteroatoms. The molecule has 0 spiro atoms. The van der Waals surface area contributed by atoms with E-state index in [1.807, 2.05) is 0 Å². The molecule has 1 fully saturated rings. The molecule has 2 aromatic rings. The van der Waals surface area contributed by atoms with Crippen molar-refractivity contribution in [2.24, 2.45) is 4.99 Å². The summed E-state index contributed by atoms with van der Waals surface area (Å²) in [6, 6.07) is 11.6. The molecular weight excluding hydrogens is 318 g/mol. The first-order valence-electron chi connectivity index (χ1n) is 6.80. The third-order valence-electron chi connectivity index (χ3n) is 3.22. The van der Waals surface area contributed by atoms with Gasteiger partial charge < -0.3 is 0 Å². The minimum atomic E-state index is -0.339. The van der Waals surface area contributed by atoms with Crippen LogP contribution in [-0.4, -0.2) is 23.0 Å². The molecule has 23 heavy (non-hydrogen) atoms. The average Bonchev–Trinajstić information content (AvgIpc) is 2.80. The van der Waals surface area contributed by atoms with E-state index >= 15 is 0 Å². The maximum Gasteiger partial charge on any atom is 0.266 e. The lowest BCUT2D eigenvalue weighted by Crippen LogP contribution is -2.23. The Hall–Kier alpha value is -2.47. The fourth-order valence-corrected chi connectivity index (χ4v) is 2.97. The molecule has 1 heterocycles. The molecule has 1 aliphatic heterocycles. The number of amidine groups is 1. The van der Waals surface area contributed by atoms with Crippen LogP contribution in [0.15, 0.2) is 58.4 Å². The lowest BCUT2D eigenvalue weighted by Gasteiger charge is -2.06. The largest absolute Gasteiger partial charge is 0.290 e. The SMILES string of the molecule is CN1C(=O)/C(=C\c2ccc(F)cc2)SC1=Nc1ccc(F)cc1. The molecule has 0 bridgehead atoms. The molecule has 3 nitrogen and oxygen atoms in total. The van der Waals surface area contributed by atoms with Gasteiger partial charge >= 0.3 is 0 Å². The highest BCUT2D eigenvalue weighted by Gasteiger charge is 2.30. The Balaban J connectivity index is 1.87. The summed E-state index contributed by atoms with van der Waals surface area (Å²) in [5, 5.41) is 0.509. The van der Waals surface area contributed by atoms with Gasteiger partial charge in [-0.25, -0.2) is 13.8 Å². The summed E-state index contributed by atoms with van der Waals surface area (Å²) < 4.78 is 25.8.